The van der Waals surface area contributed by atoms with E-state index in [4.69, 9.17) is 16.7 Å². The second kappa shape index (κ2) is 9.66. The summed E-state index contributed by atoms with van der Waals surface area (Å²) in [5.74, 6) is 0.667. The molecule has 2 aromatic carbocycles. The number of hydrogen-bond donors (Lipinski definition) is 1. The third kappa shape index (κ3) is 4.73. The van der Waals surface area contributed by atoms with Crippen molar-refractivity contribution in [2.75, 3.05) is 18.0 Å². The van der Waals surface area contributed by atoms with Gasteiger partial charge in [-0.2, -0.15) is 10.2 Å². The zero-order valence-electron chi connectivity index (χ0n) is 20.3. The van der Waals surface area contributed by atoms with Gasteiger partial charge in [-0.3, -0.25) is 4.79 Å². The molecule has 1 saturated heterocycles. The van der Waals surface area contributed by atoms with E-state index in [2.05, 4.69) is 58.5 Å². The fraction of sp³-hybridized carbons (Fsp3) is 0.333. The number of halogens is 1. The molecular weight excluding hydrogens is 460 g/mol. The average molecular weight is 489 g/mol. The van der Waals surface area contributed by atoms with Crippen molar-refractivity contribution < 1.29 is 4.79 Å². The van der Waals surface area contributed by atoms with Gasteiger partial charge < -0.3 is 10.2 Å². The number of piperidine rings is 1. The van der Waals surface area contributed by atoms with Gasteiger partial charge in [-0.25, -0.2) is 4.68 Å². The molecule has 5 rings (SSSR count). The summed E-state index contributed by atoms with van der Waals surface area (Å²) in [6.45, 7) is 7.98. The van der Waals surface area contributed by atoms with Crippen molar-refractivity contribution in [1.29, 1.82) is 0 Å². The Labute approximate surface area is 210 Å². The van der Waals surface area contributed by atoms with E-state index < -0.39 is 0 Å². The predicted molar refractivity (Wildman–Crippen MR) is 139 cm³/mol. The number of benzene rings is 2. The molecule has 3 heterocycles. The lowest BCUT2D eigenvalue weighted by Gasteiger charge is -2.32. The zero-order chi connectivity index (χ0) is 24.5. The Kier molecular flexibility index (Phi) is 6.43. The van der Waals surface area contributed by atoms with Gasteiger partial charge in [0.15, 0.2) is 5.82 Å². The van der Waals surface area contributed by atoms with Gasteiger partial charge in [0.05, 0.1) is 28.4 Å². The van der Waals surface area contributed by atoms with Crippen molar-refractivity contribution in [3.05, 3.63) is 76.1 Å². The lowest BCUT2D eigenvalue weighted by Crippen LogP contribution is -2.43. The van der Waals surface area contributed by atoms with Crippen LogP contribution in [0.15, 0.2) is 48.5 Å². The number of aromatic nitrogens is 4. The predicted octanol–water partition coefficient (Wildman–Crippen LogP) is 4.93. The molecule has 1 atom stereocenters. The highest BCUT2D eigenvalue weighted by atomic mass is 35.5. The van der Waals surface area contributed by atoms with Gasteiger partial charge in [-0.05, 0) is 63.4 Å². The molecule has 0 unspecified atom stereocenters. The van der Waals surface area contributed by atoms with Gasteiger partial charge in [0.25, 0.3) is 0 Å². The summed E-state index contributed by atoms with van der Waals surface area (Å²) in [6, 6.07) is 15.9. The molecule has 1 aliphatic rings. The molecule has 0 aliphatic carbocycles. The molecule has 1 N–H and O–H groups in total. The van der Waals surface area contributed by atoms with Gasteiger partial charge in [0.1, 0.15) is 5.52 Å². The lowest BCUT2D eigenvalue weighted by atomic mass is 9.97. The number of carbonyl (C=O) groups excluding carboxylic acids is 1. The summed E-state index contributed by atoms with van der Waals surface area (Å²) in [5.41, 5.74) is 5.91. The molecule has 1 amide bonds. The van der Waals surface area contributed by atoms with Crippen LogP contribution in [-0.2, 0) is 11.3 Å². The van der Waals surface area contributed by atoms with E-state index in [1.807, 2.05) is 35.9 Å². The van der Waals surface area contributed by atoms with E-state index in [1.165, 1.54) is 5.56 Å². The first-order valence-electron chi connectivity index (χ1n) is 12.0. The number of fused-ring (bicyclic) bond motifs is 1. The Morgan fingerprint density at radius 3 is 2.69 bits per heavy atom. The smallest absolute Gasteiger partial charge is 0.225 e. The van der Waals surface area contributed by atoms with Gasteiger partial charge in [0, 0.05) is 24.7 Å². The average Bonchev–Trinajstić information content (AvgIpc) is 3.21. The number of hydrogen-bond acceptors (Lipinski definition) is 5. The SMILES string of the molecule is Cc1ccc(-n2nc3c(N4CCC[C@@H](C(=O)NCc5cccc(Cl)c5)C4)nnc(C)c3c2C)cc1. The van der Waals surface area contributed by atoms with Crippen LogP contribution < -0.4 is 10.2 Å². The third-order valence-electron chi connectivity index (χ3n) is 6.71. The lowest BCUT2D eigenvalue weighted by molar-refractivity contribution is -0.125. The molecule has 1 fully saturated rings. The third-order valence-corrected chi connectivity index (χ3v) is 6.95. The maximum atomic E-state index is 13.0. The number of nitrogens with one attached hydrogen (secondary N) is 1. The van der Waals surface area contributed by atoms with E-state index in [9.17, 15) is 4.79 Å². The summed E-state index contributed by atoms with van der Waals surface area (Å²) in [4.78, 5) is 15.2. The number of carbonyl (C=O) groups is 1. The molecule has 4 aromatic rings. The van der Waals surface area contributed by atoms with Crippen LogP contribution in [0.3, 0.4) is 0 Å². The fourth-order valence-corrected chi connectivity index (χ4v) is 5.04. The Balaban J connectivity index is 1.39. The molecule has 0 saturated carbocycles. The number of amides is 1. The van der Waals surface area contributed by atoms with Crippen LogP contribution in [0.2, 0.25) is 5.02 Å². The molecular formula is C27H29ClN6O. The second-order valence-corrected chi connectivity index (χ2v) is 9.73. The largest absolute Gasteiger partial charge is 0.352 e. The molecule has 35 heavy (non-hydrogen) atoms. The molecule has 7 nitrogen and oxygen atoms in total. The van der Waals surface area contributed by atoms with Crippen LogP contribution in [0, 0.1) is 26.7 Å². The Morgan fingerprint density at radius 2 is 1.91 bits per heavy atom. The van der Waals surface area contributed by atoms with Crippen molar-refractivity contribution in [1.82, 2.24) is 25.3 Å². The van der Waals surface area contributed by atoms with Gasteiger partial charge >= 0.3 is 0 Å². The van der Waals surface area contributed by atoms with Crippen molar-refractivity contribution in [3.63, 3.8) is 0 Å². The summed E-state index contributed by atoms with van der Waals surface area (Å²) in [5, 5.41) is 18.7. The van der Waals surface area contributed by atoms with Crippen LogP contribution in [0.25, 0.3) is 16.6 Å². The minimum atomic E-state index is -0.124. The molecule has 2 aromatic heterocycles. The number of rotatable bonds is 5. The van der Waals surface area contributed by atoms with Gasteiger partial charge in [-0.15, -0.1) is 5.10 Å². The minimum Gasteiger partial charge on any atom is -0.352 e. The number of aryl methyl sites for hydroxylation is 3. The summed E-state index contributed by atoms with van der Waals surface area (Å²) >= 11 is 6.07. The first kappa shape index (κ1) is 23.3. The minimum absolute atomic E-state index is 0.0485. The number of anilines is 1. The van der Waals surface area contributed by atoms with E-state index in [0.717, 1.165) is 58.7 Å². The van der Waals surface area contributed by atoms with E-state index >= 15 is 0 Å². The molecule has 1 aliphatic heterocycles. The van der Waals surface area contributed by atoms with Crippen LogP contribution in [0.1, 0.15) is 35.4 Å². The van der Waals surface area contributed by atoms with E-state index in [0.29, 0.717) is 18.1 Å². The van der Waals surface area contributed by atoms with Crippen LogP contribution in [0.5, 0.6) is 0 Å². The quantitative estimate of drug-likeness (QED) is 0.431. The first-order valence-corrected chi connectivity index (χ1v) is 12.4. The molecule has 0 bridgehead atoms. The molecule has 0 radical (unpaired) electrons. The van der Waals surface area contributed by atoms with E-state index in [-0.39, 0.29) is 11.8 Å². The van der Waals surface area contributed by atoms with Crippen LogP contribution >= 0.6 is 11.6 Å². The molecule has 180 valence electrons. The topological polar surface area (TPSA) is 75.9 Å². The van der Waals surface area contributed by atoms with Crippen molar-refractivity contribution in [2.24, 2.45) is 5.92 Å². The highest BCUT2D eigenvalue weighted by Gasteiger charge is 2.29. The van der Waals surface area contributed by atoms with Gasteiger partial charge in [-0.1, -0.05) is 41.4 Å². The zero-order valence-corrected chi connectivity index (χ0v) is 21.0. The summed E-state index contributed by atoms with van der Waals surface area (Å²) < 4.78 is 1.96. The summed E-state index contributed by atoms with van der Waals surface area (Å²) in [6.07, 6.45) is 1.75. The maximum Gasteiger partial charge on any atom is 0.225 e. The van der Waals surface area contributed by atoms with Gasteiger partial charge in [0.2, 0.25) is 5.91 Å². The fourth-order valence-electron chi connectivity index (χ4n) is 4.83. The highest BCUT2D eigenvalue weighted by Crippen LogP contribution is 2.31. The Morgan fingerprint density at radius 1 is 1.11 bits per heavy atom. The summed E-state index contributed by atoms with van der Waals surface area (Å²) in [7, 11) is 0. The molecule has 0 spiro atoms. The van der Waals surface area contributed by atoms with Crippen LogP contribution in [0.4, 0.5) is 5.82 Å². The van der Waals surface area contributed by atoms with Crippen molar-refractivity contribution in [3.8, 4) is 5.69 Å². The normalized spacial score (nSPS) is 16.0. The first-order chi connectivity index (χ1) is 16.9. The Bertz CT molecular complexity index is 1380. The van der Waals surface area contributed by atoms with Crippen molar-refractivity contribution in [2.45, 2.75) is 40.2 Å². The standard InChI is InChI=1S/C27H29ClN6O/c1-17-9-11-23(12-10-17)34-19(3)24-18(2)30-31-26(25(24)32-34)33-13-5-7-21(16-33)27(35)29-15-20-6-4-8-22(28)14-20/h4,6,8-12,14,21H,5,7,13,15-16H2,1-3H3,(H,29,35)/t21-/m1/s1. The Hall–Kier alpha value is -3.45. The van der Waals surface area contributed by atoms with E-state index in [1.54, 1.807) is 0 Å². The van der Waals surface area contributed by atoms with Crippen LogP contribution in [-0.4, -0.2) is 39.0 Å². The highest BCUT2D eigenvalue weighted by molar-refractivity contribution is 6.30. The number of nitrogens with zero attached hydrogens (tertiary/aromatic N) is 5. The second-order valence-electron chi connectivity index (χ2n) is 9.30. The maximum absolute atomic E-state index is 13.0. The van der Waals surface area contributed by atoms with Crippen molar-refractivity contribution >= 4 is 34.2 Å². The monoisotopic (exact) mass is 488 g/mol. The molecule has 8 heteroatoms.